The van der Waals surface area contributed by atoms with Crippen molar-refractivity contribution in [1.82, 2.24) is 9.97 Å². The van der Waals surface area contributed by atoms with Crippen LogP contribution >= 0.6 is 0 Å². The molecule has 4 rings (SSSR count). The Labute approximate surface area is 159 Å². The van der Waals surface area contributed by atoms with Gasteiger partial charge in [-0.25, -0.2) is 9.97 Å². The smallest absolute Gasteiger partial charge is 0.340 e. The minimum Gasteiger partial charge on any atom is -0.340 e. The minimum atomic E-state index is -4.40. The van der Waals surface area contributed by atoms with Gasteiger partial charge in [-0.15, -0.1) is 0 Å². The summed E-state index contributed by atoms with van der Waals surface area (Å²) in [5, 5.41) is 3.76. The maximum atomic E-state index is 13.0. The third-order valence-electron chi connectivity index (χ3n) is 4.37. The van der Waals surface area contributed by atoms with Crippen molar-refractivity contribution in [2.24, 2.45) is 0 Å². The van der Waals surface area contributed by atoms with Gasteiger partial charge < -0.3 is 5.32 Å². The molecule has 1 N–H and O–H groups in total. The van der Waals surface area contributed by atoms with Crippen LogP contribution in [0.4, 0.5) is 24.7 Å². The summed E-state index contributed by atoms with van der Waals surface area (Å²) < 4.78 is 39.1. The Bertz CT molecular complexity index is 1140. The molecule has 0 atom stereocenters. The van der Waals surface area contributed by atoms with Crippen molar-refractivity contribution in [3.8, 4) is 11.4 Å². The third kappa shape index (κ3) is 3.67. The molecular formula is C22H16F3N3. The van der Waals surface area contributed by atoms with Gasteiger partial charge in [0.2, 0.25) is 0 Å². The first-order valence-electron chi connectivity index (χ1n) is 8.68. The molecule has 28 heavy (non-hydrogen) atoms. The number of anilines is 2. The van der Waals surface area contributed by atoms with Crippen LogP contribution in [0.25, 0.3) is 22.3 Å². The number of aromatic nitrogens is 2. The second-order valence-corrected chi connectivity index (χ2v) is 6.48. The Morgan fingerprint density at radius 1 is 0.821 bits per heavy atom. The summed E-state index contributed by atoms with van der Waals surface area (Å²) >= 11 is 0. The molecular weight excluding hydrogens is 363 g/mol. The van der Waals surface area contributed by atoms with Crippen molar-refractivity contribution in [3.05, 3.63) is 83.9 Å². The molecule has 1 aromatic heterocycles. The fourth-order valence-corrected chi connectivity index (χ4v) is 2.91. The van der Waals surface area contributed by atoms with E-state index in [0.717, 1.165) is 28.6 Å². The monoisotopic (exact) mass is 379 g/mol. The van der Waals surface area contributed by atoms with Gasteiger partial charge in [0.25, 0.3) is 0 Å². The summed E-state index contributed by atoms with van der Waals surface area (Å²) in [5.41, 5.74) is 2.26. The van der Waals surface area contributed by atoms with Gasteiger partial charge in [-0.05, 0) is 37.3 Å². The van der Waals surface area contributed by atoms with E-state index >= 15 is 0 Å². The molecule has 0 saturated carbocycles. The molecule has 0 amide bonds. The molecule has 0 fully saturated rings. The minimum absolute atomic E-state index is 0.313. The van der Waals surface area contributed by atoms with Crippen LogP contribution in [0.15, 0.2) is 72.8 Å². The van der Waals surface area contributed by atoms with Gasteiger partial charge in [0.1, 0.15) is 5.82 Å². The van der Waals surface area contributed by atoms with Gasteiger partial charge in [-0.3, -0.25) is 0 Å². The van der Waals surface area contributed by atoms with Crippen molar-refractivity contribution < 1.29 is 13.2 Å². The van der Waals surface area contributed by atoms with Gasteiger partial charge >= 0.3 is 6.18 Å². The summed E-state index contributed by atoms with van der Waals surface area (Å²) in [7, 11) is 0. The van der Waals surface area contributed by atoms with Crippen LogP contribution in [0.1, 0.15) is 11.1 Å². The Kier molecular flexibility index (Phi) is 4.47. The molecule has 3 nitrogen and oxygen atoms in total. The van der Waals surface area contributed by atoms with Gasteiger partial charge in [-0.1, -0.05) is 48.0 Å². The van der Waals surface area contributed by atoms with E-state index in [1.165, 1.54) is 6.07 Å². The standard InChI is InChI=1S/C22H16F3N3/c1-14-9-11-15(12-10-14)20-27-19-8-3-2-7-18(19)21(28-20)26-17-6-4-5-16(13-17)22(23,24)25/h2-13H,1H3,(H,26,27,28). The van der Waals surface area contributed by atoms with Crippen LogP contribution in [-0.2, 0) is 6.18 Å². The molecule has 0 saturated heterocycles. The highest BCUT2D eigenvalue weighted by Crippen LogP contribution is 2.32. The number of hydrogen-bond donors (Lipinski definition) is 1. The molecule has 0 bridgehead atoms. The second kappa shape index (κ2) is 6.96. The Hall–Kier alpha value is -3.41. The second-order valence-electron chi connectivity index (χ2n) is 6.48. The highest BCUT2D eigenvalue weighted by Gasteiger charge is 2.30. The van der Waals surface area contributed by atoms with Crippen LogP contribution < -0.4 is 5.32 Å². The largest absolute Gasteiger partial charge is 0.416 e. The lowest BCUT2D eigenvalue weighted by molar-refractivity contribution is -0.137. The summed E-state index contributed by atoms with van der Waals surface area (Å²) in [6.45, 7) is 1.99. The molecule has 0 aliphatic rings. The predicted octanol–water partition coefficient (Wildman–Crippen LogP) is 6.37. The SMILES string of the molecule is Cc1ccc(-c2nc(Nc3cccc(C(F)(F)F)c3)c3ccccc3n2)cc1. The van der Waals surface area contributed by atoms with Crippen molar-refractivity contribution in [1.29, 1.82) is 0 Å². The molecule has 0 aliphatic heterocycles. The van der Waals surface area contributed by atoms with Crippen molar-refractivity contribution in [3.63, 3.8) is 0 Å². The maximum Gasteiger partial charge on any atom is 0.416 e. The highest BCUT2D eigenvalue weighted by molar-refractivity contribution is 5.92. The number of para-hydroxylation sites is 1. The van der Waals surface area contributed by atoms with E-state index in [1.807, 2.05) is 55.5 Å². The normalized spacial score (nSPS) is 11.6. The highest BCUT2D eigenvalue weighted by atomic mass is 19.4. The average molecular weight is 379 g/mol. The maximum absolute atomic E-state index is 13.0. The van der Waals surface area contributed by atoms with E-state index in [4.69, 9.17) is 0 Å². The summed E-state index contributed by atoms with van der Waals surface area (Å²) in [6, 6.07) is 20.2. The summed E-state index contributed by atoms with van der Waals surface area (Å²) in [6.07, 6.45) is -4.40. The summed E-state index contributed by atoms with van der Waals surface area (Å²) in [5.74, 6) is 0.966. The van der Waals surface area contributed by atoms with Gasteiger partial charge in [-0.2, -0.15) is 13.2 Å². The third-order valence-corrected chi connectivity index (χ3v) is 4.37. The van der Waals surface area contributed by atoms with E-state index in [-0.39, 0.29) is 0 Å². The number of benzene rings is 3. The van der Waals surface area contributed by atoms with Crippen LogP contribution in [0, 0.1) is 6.92 Å². The Morgan fingerprint density at radius 2 is 1.57 bits per heavy atom. The Morgan fingerprint density at radius 3 is 2.32 bits per heavy atom. The molecule has 6 heteroatoms. The molecule has 0 spiro atoms. The van der Waals surface area contributed by atoms with Gasteiger partial charge in [0.05, 0.1) is 11.1 Å². The number of alkyl halides is 3. The molecule has 0 aliphatic carbocycles. The zero-order valence-electron chi connectivity index (χ0n) is 15.0. The van der Waals surface area contributed by atoms with Crippen molar-refractivity contribution >= 4 is 22.4 Å². The summed E-state index contributed by atoms with van der Waals surface area (Å²) in [4.78, 5) is 9.19. The lowest BCUT2D eigenvalue weighted by atomic mass is 10.1. The van der Waals surface area contributed by atoms with Crippen LogP contribution in [-0.4, -0.2) is 9.97 Å². The number of nitrogens with zero attached hydrogens (tertiary/aromatic N) is 2. The van der Waals surface area contributed by atoms with Gasteiger partial charge in [0, 0.05) is 16.6 Å². The van der Waals surface area contributed by atoms with E-state index in [1.54, 1.807) is 6.07 Å². The van der Waals surface area contributed by atoms with Crippen LogP contribution in [0.3, 0.4) is 0 Å². The zero-order chi connectivity index (χ0) is 19.7. The lowest BCUT2D eigenvalue weighted by Crippen LogP contribution is -2.05. The topological polar surface area (TPSA) is 37.8 Å². The van der Waals surface area contributed by atoms with Crippen molar-refractivity contribution in [2.75, 3.05) is 5.32 Å². The zero-order valence-corrected chi connectivity index (χ0v) is 15.0. The number of fused-ring (bicyclic) bond motifs is 1. The number of aryl methyl sites for hydroxylation is 1. The molecule has 3 aromatic carbocycles. The Balaban J connectivity index is 1.81. The first-order valence-corrected chi connectivity index (χ1v) is 8.68. The first-order chi connectivity index (χ1) is 13.4. The van der Waals surface area contributed by atoms with Gasteiger partial charge in [0.15, 0.2) is 5.82 Å². The average Bonchev–Trinajstić information content (AvgIpc) is 2.68. The quantitative estimate of drug-likeness (QED) is 0.450. The number of halogens is 3. The molecule has 1 heterocycles. The fourth-order valence-electron chi connectivity index (χ4n) is 2.91. The number of nitrogens with one attached hydrogen (secondary N) is 1. The molecule has 140 valence electrons. The van der Waals surface area contributed by atoms with Crippen molar-refractivity contribution in [2.45, 2.75) is 13.1 Å². The number of hydrogen-bond acceptors (Lipinski definition) is 3. The van der Waals surface area contributed by atoms with E-state index in [2.05, 4.69) is 15.3 Å². The van der Waals surface area contributed by atoms with Crippen LogP contribution in [0.5, 0.6) is 0 Å². The van der Waals surface area contributed by atoms with Crippen LogP contribution in [0.2, 0.25) is 0 Å². The lowest BCUT2D eigenvalue weighted by Gasteiger charge is -2.13. The molecule has 4 aromatic rings. The first kappa shape index (κ1) is 18.0. The number of rotatable bonds is 3. The molecule has 0 radical (unpaired) electrons. The van der Waals surface area contributed by atoms with E-state index in [9.17, 15) is 13.2 Å². The molecule has 0 unspecified atom stereocenters. The fraction of sp³-hybridized carbons (Fsp3) is 0.0909. The van der Waals surface area contributed by atoms with E-state index in [0.29, 0.717) is 22.8 Å². The van der Waals surface area contributed by atoms with E-state index < -0.39 is 11.7 Å². The predicted molar refractivity (Wildman–Crippen MR) is 104 cm³/mol.